The van der Waals surface area contributed by atoms with Gasteiger partial charge in [-0.3, -0.25) is 0 Å². The fraction of sp³-hybridized carbons (Fsp3) is 0.522. The zero-order valence-corrected chi connectivity index (χ0v) is 18.5. The minimum Gasteiger partial charge on any atom is -0.381 e. The second kappa shape index (κ2) is 8.71. The highest BCUT2D eigenvalue weighted by atomic mass is 16.5. The van der Waals surface area contributed by atoms with Crippen molar-refractivity contribution in [1.82, 2.24) is 24.5 Å². The quantitative estimate of drug-likeness (QED) is 0.650. The van der Waals surface area contributed by atoms with Gasteiger partial charge in [0.05, 0.1) is 23.9 Å². The van der Waals surface area contributed by atoms with Crippen LogP contribution in [0.3, 0.4) is 0 Å². The number of hydrogen-bond donors (Lipinski definition) is 1. The second-order valence-corrected chi connectivity index (χ2v) is 8.67. The van der Waals surface area contributed by atoms with E-state index in [0.717, 1.165) is 73.8 Å². The predicted molar refractivity (Wildman–Crippen MR) is 122 cm³/mol. The van der Waals surface area contributed by atoms with E-state index in [9.17, 15) is 5.26 Å². The van der Waals surface area contributed by atoms with Gasteiger partial charge in [-0.15, -0.1) is 0 Å². The maximum absolute atomic E-state index is 9.30. The van der Waals surface area contributed by atoms with Gasteiger partial charge in [0.1, 0.15) is 23.0 Å². The van der Waals surface area contributed by atoms with E-state index in [4.69, 9.17) is 14.7 Å². The standard InChI is InChI=1S/C23H28N8O/c1-15-27-19-14-26-22(12-20(19)31(15)17-4-3-16(11-17)13-24)28-21-5-8-25-23(29-21)30-9-6-18(32-2)7-10-30/h5,8,12,14,16-18H,3-4,6-7,9-11H2,1-2H3,(H,25,26,28,29)/t16-,17+/m1/s1. The normalized spacial score (nSPS) is 21.7. The molecule has 0 bridgehead atoms. The zero-order chi connectivity index (χ0) is 22.1. The van der Waals surface area contributed by atoms with E-state index in [-0.39, 0.29) is 5.92 Å². The Morgan fingerprint density at radius 3 is 2.72 bits per heavy atom. The molecule has 1 aliphatic carbocycles. The summed E-state index contributed by atoms with van der Waals surface area (Å²) in [5.74, 6) is 3.25. The number of hydrogen-bond acceptors (Lipinski definition) is 8. The van der Waals surface area contributed by atoms with Crippen LogP contribution in [0, 0.1) is 24.2 Å². The molecule has 9 nitrogen and oxygen atoms in total. The summed E-state index contributed by atoms with van der Waals surface area (Å²) in [5.41, 5.74) is 1.91. The highest BCUT2D eigenvalue weighted by Crippen LogP contribution is 2.37. The number of aromatic nitrogens is 5. The summed E-state index contributed by atoms with van der Waals surface area (Å²) in [7, 11) is 1.77. The van der Waals surface area contributed by atoms with Gasteiger partial charge >= 0.3 is 0 Å². The molecule has 2 aliphatic rings. The van der Waals surface area contributed by atoms with Crippen LogP contribution in [0.5, 0.6) is 0 Å². The average molecular weight is 433 g/mol. The van der Waals surface area contributed by atoms with Crippen molar-refractivity contribution >= 4 is 28.6 Å². The number of nitriles is 1. The minimum atomic E-state index is 0.129. The molecule has 4 heterocycles. The SMILES string of the molecule is COC1CCN(c2nccc(Nc3cc4c(cn3)nc(C)n4[C@H]3CC[C@@H](C#N)C3)n2)CC1. The predicted octanol–water partition coefficient (Wildman–Crippen LogP) is 3.75. The molecule has 2 fully saturated rings. The van der Waals surface area contributed by atoms with Gasteiger partial charge in [-0.2, -0.15) is 10.2 Å². The Balaban J connectivity index is 1.37. The summed E-state index contributed by atoms with van der Waals surface area (Å²) in [5, 5.41) is 12.6. The van der Waals surface area contributed by atoms with Gasteiger partial charge in [0, 0.05) is 44.4 Å². The molecular weight excluding hydrogens is 404 g/mol. The van der Waals surface area contributed by atoms with Crippen LogP contribution in [-0.2, 0) is 4.74 Å². The number of ether oxygens (including phenoxy) is 1. The lowest BCUT2D eigenvalue weighted by molar-refractivity contribution is 0.0816. The molecule has 1 saturated heterocycles. The molecule has 0 spiro atoms. The molecule has 0 unspecified atom stereocenters. The molecule has 1 N–H and O–H groups in total. The molecular formula is C23H28N8O. The fourth-order valence-corrected chi connectivity index (χ4v) is 4.95. The van der Waals surface area contributed by atoms with Gasteiger partial charge in [-0.1, -0.05) is 0 Å². The molecule has 3 aromatic rings. The molecule has 1 saturated carbocycles. The Bertz CT molecular complexity index is 1140. The molecule has 0 aromatic carbocycles. The summed E-state index contributed by atoms with van der Waals surface area (Å²) in [6.45, 7) is 3.79. The Labute approximate surface area is 187 Å². The van der Waals surface area contributed by atoms with E-state index in [0.29, 0.717) is 18.0 Å². The van der Waals surface area contributed by atoms with E-state index in [1.165, 1.54) is 0 Å². The summed E-state index contributed by atoms with van der Waals surface area (Å²) in [4.78, 5) is 20.6. The second-order valence-electron chi connectivity index (χ2n) is 8.67. The smallest absolute Gasteiger partial charge is 0.227 e. The summed E-state index contributed by atoms with van der Waals surface area (Å²) < 4.78 is 7.73. The van der Waals surface area contributed by atoms with Crippen molar-refractivity contribution in [1.29, 1.82) is 5.26 Å². The summed E-state index contributed by atoms with van der Waals surface area (Å²) in [6.07, 6.45) is 8.69. The maximum Gasteiger partial charge on any atom is 0.227 e. The minimum absolute atomic E-state index is 0.129. The van der Waals surface area contributed by atoms with Crippen molar-refractivity contribution in [3.63, 3.8) is 0 Å². The van der Waals surface area contributed by atoms with Crippen LogP contribution < -0.4 is 10.2 Å². The maximum atomic E-state index is 9.30. The van der Waals surface area contributed by atoms with E-state index in [1.807, 2.05) is 19.1 Å². The van der Waals surface area contributed by atoms with Crippen LogP contribution in [0.25, 0.3) is 11.0 Å². The van der Waals surface area contributed by atoms with Crippen LogP contribution in [-0.4, -0.2) is 50.8 Å². The van der Waals surface area contributed by atoms with Crippen molar-refractivity contribution in [2.45, 2.75) is 51.2 Å². The van der Waals surface area contributed by atoms with Gasteiger partial charge in [0.25, 0.3) is 0 Å². The monoisotopic (exact) mass is 432 g/mol. The van der Waals surface area contributed by atoms with Gasteiger partial charge < -0.3 is 19.5 Å². The van der Waals surface area contributed by atoms with Crippen molar-refractivity contribution in [2.24, 2.45) is 5.92 Å². The Morgan fingerprint density at radius 1 is 1.12 bits per heavy atom. The number of pyridine rings is 1. The van der Waals surface area contributed by atoms with Crippen LogP contribution in [0.4, 0.5) is 17.6 Å². The highest BCUT2D eigenvalue weighted by Gasteiger charge is 2.28. The number of imidazole rings is 1. The number of rotatable bonds is 5. The first kappa shape index (κ1) is 20.6. The van der Waals surface area contributed by atoms with E-state index >= 15 is 0 Å². The molecule has 1 aliphatic heterocycles. The van der Waals surface area contributed by atoms with Crippen molar-refractivity contribution < 1.29 is 4.74 Å². The first-order chi connectivity index (χ1) is 15.6. The summed E-state index contributed by atoms with van der Waals surface area (Å²) >= 11 is 0. The number of nitrogens with zero attached hydrogens (tertiary/aromatic N) is 7. The van der Waals surface area contributed by atoms with E-state index in [2.05, 4.69) is 30.8 Å². The first-order valence-electron chi connectivity index (χ1n) is 11.3. The van der Waals surface area contributed by atoms with Gasteiger partial charge in [-0.05, 0) is 45.1 Å². The third kappa shape index (κ3) is 3.98. The zero-order valence-electron chi connectivity index (χ0n) is 18.5. The highest BCUT2D eigenvalue weighted by molar-refractivity contribution is 5.79. The molecule has 3 aromatic heterocycles. The van der Waals surface area contributed by atoms with Gasteiger partial charge in [0.15, 0.2) is 0 Å². The molecule has 9 heteroatoms. The number of piperidine rings is 1. The Morgan fingerprint density at radius 2 is 1.97 bits per heavy atom. The Hall–Kier alpha value is -3.25. The Kier molecular flexibility index (Phi) is 5.62. The van der Waals surface area contributed by atoms with Crippen LogP contribution in [0.2, 0.25) is 0 Å². The van der Waals surface area contributed by atoms with Crippen LogP contribution >= 0.6 is 0 Å². The van der Waals surface area contributed by atoms with E-state index in [1.54, 1.807) is 19.5 Å². The van der Waals surface area contributed by atoms with Crippen molar-refractivity contribution in [3.05, 3.63) is 30.4 Å². The first-order valence-corrected chi connectivity index (χ1v) is 11.3. The number of aryl methyl sites for hydroxylation is 1. The third-order valence-corrected chi connectivity index (χ3v) is 6.66. The van der Waals surface area contributed by atoms with E-state index < -0.39 is 0 Å². The van der Waals surface area contributed by atoms with Crippen LogP contribution in [0.1, 0.15) is 44.0 Å². The molecule has 5 rings (SSSR count). The van der Waals surface area contributed by atoms with Gasteiger partial charge in [-0.25, -0.2) is 15.0 Å². The number of nitrogens with one attached hydrogen (secondary N) is 1. The largest absolute Gasteiger partial charge is 0.381 e. The molecule has 32 heavy (non-hydrogen) atoms. The third-order valence-electron chi connectivity index (χ3n) is 6.66. The number of methoxy groups -OCH3 is 1. The lowest BCUT2D eigenvalue weighted by atomic mass is 10.1. The average Bonchev–Trinajstić information content (AvgIpc) is 3.42. The van der Waals surface area contributed by atoms with Crippen molar-refractivity contribution in [3.8, 4) is 6.07 Å². The lowest BCUT2D eigenvalue weighted by Gasteiger charge is -2.31. The van der Waals surface area contributed by atoms with Crippen molar-refractivity contribution in [2.75, 3.05) is 30.4 Å². The number of fused-ring (bicyclic) bond motifs is 1. The molecule has 0 radical (unpaired) electrons. The fourth-order valence-electron chi connectivity index (χ4n) is 4.95. The topological polar surface area (TPSA) is 105 Å². The lowest BCUT2D eigenvalue weighted by Crippen LogP contribution is -2.37. The molecule has 166 valence electrons. The van der Waals surface area contributed by atoms with Gasteiger partial charge in [0.2, 0.25) is 5.95 Å². The molecule has 2 atom stereocenters. The van der Waals surface area contributed by atoms with Crippen LogP contribution in [0.15, 0.2) is 24.5 Å². The molecule has 0 amide bonds. The summed E-state index contributed by atoms with van der Waals surface area (Å²) in [6, 6.07) is 6.61. The number of anilines is 3.